The van der Waals surface area contributed by atoms with E-state index in [2.05, 4.69) is 10.3 Å². The average Bonchev–Trinajstić information content (AvgIpc) is 2.69. The molecule has 0 spiro atoms. The largest absolute Gasteiger partial charge is 0.444 e. The summed E-state index contributed by atoms with van der Waals surface area (Å²) in [5.41, 5.74) is -0.448. The van der Waals surface area contributed by atoms with Gasteiger partial charge in [0.2, 0.25) is 0 Å². The van der Waals surface area contributed by atoms with Gasteiger partial charge in [-0.2, -0.15) is 0 Å². The van der Waals surface area contributed by atoms with Crippen molar-refractivity contribution in [2.24, 2.45) is 0 Å². The molecule has 0 radical (unpaired) electrons. The van der Waals surface area contributed by atoms with E-state index in [9.17, 15) is 4.79 Å². The molecule has 2 bridgehead atoms. The molecule has 2 aliphatic heterocycles. The van der Waals surface area contributed by atoms with Gasteiger partial charge in [0.1, 0.15) is 16.6 Å². The maximum atomic E-state index is 12.4. The van der Waals surface area contributed by atoms with Gasteiger partial charge in [-0.15, -0.1) is 0 Å². The van der Waals surface area contributed by atoms with Gasteiger partial charge < -0.3 is 15.0 Å². The van der Waals surface area contributed by atoms with Gasteiger partial charge in [0, 0.05) is 18.1 Å². The van der Waals surface area contributed by atoms with E-state index in [1.165, 1.54) is 0 Å². The second-order valence-electron chi connectivity index (χ2n) is 7.43. The second kappa shape index (κ2) is 6.19. The number of ether oxygens (including phenoxy) is 1. The molecule has 2 atom stereocenters. The highest BCUT2D eigenvalue weighted by Crippen LogP contribution is 2.37. The number of fused-ring (bicyclic) bond motifs is 2. The van der Waals surface area contributed by atoms with Crippen LogP contribution >= 0.6 is 11.6 Å². The van der Waals surface area contributed by atoms with Gasteiger partial charge in [0.05, 0.1) is 0 Å². The number of hydrogen-bond donors (Lipinski definition) is 1. The minimum atomic E-state index is -0.448. The smallest absolute Gasteiger partial charge is 0.410 e. The molecule has 23 heavy (non-hydrogen) atoms. The Bertz CT molecular complexity index is 573. The first-order valence-electron chi connectivity index (χ1n) is 8.22. The number of hydrogen-bond acceptors (Lipinski definition) is 4. The molecular weight excluding hydrogens is 314 g/mol. The van der Waals surface area contributed by atoms with Crippen LogP contribution in [0.25, 0.3) is 0 Å². The Hall–Kier alpha value is -1.49. The van der Waals surface area contributed by atoms with Crippen LogP contribution in [-0.2, 0) is 4.74 Å². The van der Waals surface area contributed by atoms with Gasteiger partial charge in [0.25, 0.3) is 0 Å². The lowest BCUT2D eigenvalue weighted by atomic mass is 9.97. The summed E-state index contributed by atoms with van der Waals surface area (Å²) < 4.78 is 5.56. The molecule has 5 nitrogen and oxygen atoms in total. The number of pyridine rings is 1. The molecule has 1 aromatic heterocycles. The van der Waals surface area contributed by atoms with Gasteiger partial charge in [-0.1, -0.05) is 17.7 Å². The van der Waals surface area contributed by atoms with E-state index in [0.29, 0.717) is 11.2 Å². The van der Waals surface area contributed by atoms with Crippen molar-refractivity contribution >= 4 is 23.5 Å². The van der Waals surface area contributed by atoms with Gasteiger partial charge in [-0.25, -0.2) is 9.78 Å². The molecular formula is C17H24ClN3O2. The van der Waals surface area contributed by atoms with Crippen LogP contribution in [0.3, 0.4) is 0 Å². The zero-order valence-corrected chi connectivity index (χ0v) is 14.6. The van der Waals surface area contributed by atoms with E-state index in [0.717, 1.165) is 31.5 Å². The zero-order valence-electron chi connectivity index (χ0n) is 13.9. The van der Waals surface area contributed by atoms with Crippen LogP contribution in [0.4, 0.5) is 10.6 Å². The Kier molecular flexibility index (Phi) is 4.41. The number of halogens is 1. The highest BCUT2D eigenvalue weighted by atomic mass is 35.5. The predicted molar refractivity (Wildman–Crippen MR) is 90.8 cm³/mol. The van der Waals surface area contributed by atoms with E-state index in [1.54, 1.807) is 6.07 Å². The second-order valence-corrected chi connectivity index (χ2v) is 7.82. The van der Waals surface area contributed by atoms with Crippen LogP contribution in [-0.4, -0.2) is 39.7 Å². The van der Waals surface area contributed by atoms with Crippen molar-refractivity contribution < 1.29 is 9.53 Å². The van der Waals surface area contributed by atoms with E-state index >= 15 is 0 Å². The molecule has 126 valence electrons. The summed E-state index contributed by atoms with van der Waals surface area (Å²) in [5.74, 6) is 0.799. The molecule has 2 aliphatic rings. The molecule has 2 unspecified atom stereocenters. The van der Waals surface area contributed by atoms with Crippen LogP contribution < -0.4 is 5.32 Å². The third-order valence-electron chi connectivity index (χ3n) is 4.40. The van der Waals surface area contributed by atoms with Crippen molar-refractivity contribution in [2.45, 2.75) is 70.2 Å². The van der Waals surface area contributed by atoms with Crippen molar-refractivity contribution in [1.82, 2.24) is 9.88 Å². The van der Waals surface area contributed by atoms with E-state index in [1.807, 2.05) is 37.8 Å². The van der Waals surface area contributed by atoms with Crippen molar-refractivity contribution in [3.63, 3.8) is 0 Å². The van der Waals surface area contributed by atoms with Gasteiger partial charge in [-0.3, -0.25) is 0 Å². The topological polar surface area (TPSA) is 54.5 Å². The monoisotopic (exact) mass is 337 g/mol. The molecule has 6 heteroatoms. The Labute approximate surface area is 142 Å². The van der Waals surface area contributed by atoms with E-state index < -0.39 is 5.60 Å². The highest BCUT2D eigenvalue weighted by molar-refractivity contribution is 6.29. The predicted octanol–water partition coefficient (Wildman–Crippen LogP) is 4.08. The quantitative estimate of drug-likeness (QED) is 0.826. The number of piperidine rings is 1. The minimum absolute atomic E-state index is 0.177. The molecule has 2 fully saturated rings. The fourth-order valence-electron chi connectivity index (χ4n) is 3.61. The third-order valence-corrected chi connectivity index (χ3v) is 4.62. The van der Waals surface area contributed by atoms with Crippen molar-refractivity contribution in [3.8, 4) is 0 Å². The van der Waals surface area contributed by atoms with Gasteiger partial charge in [0.15, 0.2) is 0 Å². The lowest BCUT2D eigenvalue weighted by Crippen LogP contribution is -2.51. The molecule has 3 heterocycles. The van der Waals surface area contributed by atoms with Crippen molar-refractivity contribution in [2.75, 3.05) is 5.32 Å². The summed E-state index contributed by atoms with van der Waals surface area (Å²) in [4.78, 5) is 18.7. The van der Waals surface area contributed by atoms with Crippen LogP contribution in [0, 0.1) is 0 Å². The Morgan fingerprint density at radius 2 is 1.96 bits per heavy atom. The number of carbonyl (C=O) groups excluding carboxylic acids is 1. The first-order valence-corrected chi connectivity index (χ1v) is 8.60. The molecule has 3 rings (SSSR count). The summed E-state index contributed by atoms with van der Waals surface area (Å²) in [6.07, 6.45) is 3.76. The van der Waals surface area contributed by atoms with Gasteiger partial charge in [-0.05, 0) is 58.6 Å². The highest BCUT2D eigenvalue weighted by Gasteiger charge is 2.44. The number of nitrogens with zero attached hydrogens (tertiary/aromatic N) is 2. The molecule has 0 saturated carbocycles. The Balaban J connectivity index is 1.64. The van der Waals surface area contributed by atoms with Crippen LogP contribution in [0.5, 0.6) is 0 Å². The van der Waals surface area contributed by atoms with Crippen molar-refractivity contribution in [1.29, 1.82) is 0 Å². The van der Waals surface area contributed by atoms with Crippen LogP contribution in [0.2, 0.25) is 5.15 Å². The van der Waals surface area contributed by atoms with Crippen LogP contribution in [0.1, 0.15) is 46.5 Å². The summed E-state index contributed by atoms with van der Waals surface area (Å²) >= 11 is 5.94. The lowest BCUT2D eigenvalue weighted by molar-refractivity contribution is 0.00683. The molecule has 2 saturated heterocycles. The number of aromatic nitrogens is 1. The molecule has 0 aromatic carbocycles. The Morgan fingerprint density at radius 3 is 2.52 bits per heavy atom. The summed E-state index contributed by atoms with van der Waals surface area (Å²) in [6, 6.07) is 6.40. The molecule has 1 amide bonds. The van der Waals surface area contributed by atoms with Gasteiger partial charge >= 0.3 is 6.09 Å². The summed E-state index contributed by atoms with van der Waals surface area (Å²) in [6.45, 7) is 5.73. The first kappa shape index (κ1) is 16.4. The number of nitrogens with one attached hydrogen (secondary N) is 1. The maximum absolute atomic E-state index is 12.4. The molecule has 1 aromatic rings. The summed E-state index contributed by atoms with van der Waals surface area (Å²) in [5, 5.41) is 3.95. The SMILES string of the molecule is CC(C)(C)OC(=O)N1C2CCC1CC(Nc1cccc(Cl)n1)C2. The number of amides is 1. The first-order chi connectivity index (χ1) is 10.8. The number of rotatable bonds is 2. The lowest BCUT2D eigenvalue weighted by Gasteiger charge is -2.39. The molecule has 1 N–H and O–H groups in total. The van der Waals surface area contributed by atoms with Crippen LogP contribution in [0.15, 0.2) is 18.2 Å². The van der Waals surface area contributed by atoms with Crippen molar-refractivity contribution in [3.05, 3.63) is 23.4 Å². The zero-order chi connectivity index (χ0) is 16.6. The third kappa shape index (κ3) is 3.89. The number of anilines is 1. The Morgan fingerprint density at radius 1 is 1.30 bits per heavy atom. The standard InChI is InChI=1S/C17H24ClN3O2/c1-17(2,3)23-16(22)21-12-7-8-13(21)10-11(9-12)19-15-6-4-5-14(18)20-15/h4-6,11-13H,7-10H2,1-3H3,(H,19,20). The fraction of sp³-hybridized carbons (Fsp3) is 0.647. The molecule has 0 aliphatic carbocycles. The maximum Gasteiger partial charge on any atom is 0.410 e. The van der Waals surface area contributed by atoms with E-state index in [-0.39, 0.29) is 18.2 Å². The normalized spacial score (nSPS) is 27.0. The average molecular weight is 338 g/mol. The minimum Gasteiger partial charge on any atom is -0.444 e. The summed E-state index contributed by atoms with van der Waals surface area (Å²) in [7, 11) is 0. The fourth-order valence-corrected chi connectivity index (χ4v) is 3.77. The van der Waals surface area contributed by atoms with E-state index in [4.69, 9.17) is 16.3 Å². The number of carbonyl (C=O) groups is 1.